The van der Waals surface area contributed by atoms with E-state index >= 15 is 0 Å². The number of carbonyl (C=O) groups is 2. The van der Waals surface area contributed by atoms with E-state index in [4.69, 9.17) is 14.2 Å². The van der Waals surface area contributed by atoms with Gasteiger partial charge in [0.1, 0.15) is 28.8 Å². The molecular weight excluding hydrogens is 441 g/mol. The summed E-state index contributed by atoms with van der Waals surface area (Å²) in [6.45, 7) is 0. The third-order valence-corrected chi connectivity index (χ3v) is 5.66. The van der Waals surface area contributed by atoms with Gasteiger partial charge in [0.05, 0.1) is 38.5 Å². The van der Waals surface area contributed by atoms with Crippen LogP contribution < -0.4 is 19.1 Å². The van der Waals surface area contributed by atoms with Crippen LogP contribution in [0.5, 0.6) is 17.2 Å². The fraction of sp³-hybridized carbons (Fsp3) is 0.154. The van der Waals surface area contributed by atoms with Gasteiger partial charge in [0, 0.05) is 17.3 Å². The summed E-state index contributed by atoms with van der Waals surface area (Å²) >= 11 is 0. The average molecular weight is 463 g/mol. The zero-order valence-electron chi connectivity index (χ0n) is 18.7. The van der Waals surface area contributed by atoms with Gasteiger partial charge in [-0.2, -0.15) is 0 Å². The Morgan fingerprint density at radius 3 is 2.15 bits per heavy atom. The Morgan fingerprint density at radius 1 is 0.882 bits per heavy atom. The standard InChI is InChI=1S/C26H22FNO6/c1-32-16-10-8-15(9-11-16)28-23(18-6-4-5-7-20(18)27)22(25(30)26(28)31)24(29)19-13-12-17(33-2)14-21(19)34-3/h4-14,23,29H,1-3H3/b24-22+. The van der Waals surface area contributed by atoms with Gasteiger partial charge < -0.3 is 19.3 Å². The number of ether oxygens (including phenoxy) is 3. The number of benzene rings is 3. The van der Waals surface area contributed by atoms with E-state index in [1.807, 2.05) is 0 Å². The molecule has 1 saturated heterocycles. The van der Waals surface area contributed by atoms with Crippen LogP contribution in [0.25, 0.3) is 5.76 Å². The molecule has 174 valence electrons. The van der Waals surface area contributed by atoms with Crippen LogP contribution in [0.3, 0.4) is 0 Å². The number of aliphatic hydroxyl groups is 1. The van der Waals surface area contributed by atoms with Crippen molar-refractivity contribution in [2.45, 2.75) is 6.04 Å². The van der Waals surface area contributed by atoms with Crippen LogP contribution in [0.15, 0.2) is 72.3 Å². The number of nitrogens with zero attached hydrogens (tertiary/aromatic N) is 1. The molecule has 1 fully saturated rings. The summed E-state index contributed by atoms with van der Waals surface area (Å²) in [5.74, 6) is -1.71. The molecule has 0 radical (unpaired) electrons. The molecule has 4 rings (SSSR count). The number of aliphatic hydroxyl groups excluding tert-OH is 1. The molecule has 3 aromatic carbocycles. The third-order valence-electron chi connectivity index (χ3n) is 5.66. The number of hydrogen-bond donors (Lipinski definition) is 1. The number of methoxy groups -OCH3 is 3. The van der Waals surface area contributed by atoms with E-state index in [0.29, 0.717) is 17.2 Å². The van der Waals surface area contributed by atoms with Gasteiger partial charge in [-0.3, -0.25) is 14.5 Å². The smallest absolute Gasteiger partial charge is 0.300 e. The normalized spacial score (nSPS) is 17.1. The van der Waals surface area contributed by atoms with E-state index in [2.05, 4.69) is 0 Å². The molecule has 0 saturated carbocycles. The first-order chi connectivity index (χ1) is 16.4. The van der Waals surface area contributed by atoms with Crippen molar-refractivity contribution in [3.8, 4) is 17.2 Å². The van der Waals surface area contributed by atoms with Crippen LogP contribution in [0.2, 0.25) is 0 Å². The molecule has 8 heteroatoms. The second kappa shape index (κ2) is 9.27. The van der Waals surface area contributed by atoms with Gasteiger partial charge in [0.15, 0.2) is 0 Å². The Kier molecular flexibility index (Phi) is 6.23. The number of Topliss-reactive ketones (excluding diaryl/α,β-unsaturated/α-hetero) is 1. The van der Waals surface area contributed by atoms with Crippen LogP contribution in [-0.4, -0.2) is 38.1 Å². The minimum atomic E-state index is -1.21. The summed E-state index contributed by atoms with van der Waals surface area (Å²) in [5.41, 5.74) is 0.315. The monoisotopic (exact) mass is 463 g/mol. The number of carbonyl (C=O) groups excluding carboxylic acids is 2. The van der Waals surface area contributed by atoms with Crippen molar-refractivity contribution >= 4 is 23.1 Å². The fourth-order valence-electron chi connectivity index (χ4n) is 3.97. The van der Waals surface area contributed by atoms with Gasteiger partial charge in [-0.15, -0.1) is 0 Å². The number of amides is 1. The zero-order valence-corrected chi connectivity index (χ0v) is 18.7. The summed E-state index contributed by atoms with van der Waals surface area (Å²) in [6, 6.07) is 15.6. The van der Waals surface area contributed by atoms with E-state index in [0.717, 1.165) is 0 Å². The quantitative estimate of drug-likeness (QED) is 0.330. The van der Waals surface area contributed by atoms with Gasteiger partial charge in [0.2, 0.25) is 0 Å². The highest BCUT2D eigenvalue weighted by Crippen LogP contribution is 2.44. The van der Waals surface area contributed by atoms with Gasteiger partial charge in [-0.05, 0) is 42.5 Å². The number of anilines is 1. The van der Waals surface area contributed by atoms with E-state index in [1.54, 1.807) is 36.4 Å². The highest BCUT2D eigenvalue weighted by atomic mass is 19.1. The maximum absolute atomic E-state index is 15.0. The molecule has 1 N–H and O–H groups in total. The number of rotatable bonds is 6. The van der Waals surface area contributed by atoms with Crippen LogP contribution in [0.4, 0.5) is 10.1 Å². The molecule has 0 aliphatic carbocycles. The molecule has 34 heavy (non-hydrogen) atoms. The van der Waals surface area contributed by atoms with Gasteiger partial charge in [-0.25, -0.2) is 4.39 Å². The fourth-order valence-corrected chi connectivity index (χ4v) is 3.97. The van der Waals surface area contributed by atoms with Crippen molar-refractivity contribution in [3.05, 3.63) is 89.2 Å². The van der Waals surface area contributed by atoms with Crippen molar-refractivity contribution in [1.29, 1.82) is 0 Å². The summed E-state index contributed by atoms with van der Waals surface area (Å²) in [7, 11) is 4.38. The zero-order chi connectivity index (χ0) is 24.4. The van der Waals surface area contributed by atoms with Crippen LogP contribution in [-0.2, 0) is 9.59 Å². The molecule has 1 aliphatic rings. The maximum Gasteiger partial charge on any atom is 0.300 e. The molecule has 0 spiro atoms. The highest BCUT2D eigenvalue weighted by molar-refractivity contribution is 6.51. The van der Waals surface area contributed by atoms with Crippen LogP contribution in [0.1, 0.15) is 17.2 Å². The van der Waals surface area contributed by atoms with Crippen molar-refractivity contribution < 1.29 is 33.3 Å². The van der Waals surface area contributed by atoms with E-state index < -0.39 is 29.3 Å². The lowest BCUT2D eigenvalue weighted by atomic mass is 9.94. The Labute approximate surface area is 195 Å². The Hall–Kier alpha value is -4.33. The minimum Gasteiger partial charge on any atom is -0.507 e. The lowest BCUT2D eigenvalue weighted by Crippen LogP contribution is -2.29. The summed E-state index contributed by atoms with van der Waals surface area (Å²) in [4.78, 5) is 27.6. The molecule has 1 heterocycles. The Morgan fingerprint density at radius 2 is 1.53 bits per heavy atom. The first kappa shape index (κ1) is 22.8. The molecule has 1 atom stereocenters. The van der Waals surface area contributed by atoms with Crippen molar-refractivity contribution in [2.24, 2.45) is 0 Å². The van der Waals surface area contributed by atoms with Gasteiger partial charge >= 0.3 is 0 Å². The average Bonchev–Trinajstić information content (AvgIpc) is 3.13. The lowest BCUT2D eigenvalue weighted by molar-refractivity contribution is -0.132. The number of halogens is 1. The van der Waals surface area contributed by atoms with E-state index in [9.17, 15) is 19.1 Å². The minimum absolute atomic E-state index is 0.0616. The van der Waals surface area contributed by atoms with E-state index in [-0.39, 0.29) is 22.4 Å². The molecule has 3 aromatic rings. The second-order valence-electron chi connectivity index (χ2n) is 7.45. The molecule has 1 amide bonds. The Balaban J connectivity index is 1.96. The second-order valence-corrected chi connectivity index (χ2v) is 7.45. The molecular formula is C26H22FNO6. The molecule has 7 nitrogen and oxygen atoms in total. The molecule has 0 bridgehead atoms. The van der Waals surface area contributed by atoms with Crippen molar-refractivity contribution in [3.63, 3.8) is 0 Å². The predicted octanol–water partition coefficient (Wildman–Crippen LogP) is 4.48. The third kappa shape index (κ3) is 3.83. The van der Waals surface area contributed by atoms with Crippen LogP contribution in [0, 0.1) is 5.82 Å². The molecule has 1 aliphatic heterocycles. The first-order valence-corrected chi connectivity index (χ1v) is 10.3. The summed E-state index contributed by atoms with van der Waals surface area (Å²) < 4.78 is 30.7. The van der Waals surface area contributed by atoms with E-state index in [1.165, 1.54) is 56.6 Å². The summed E-state index contributed by atoms with van der Waals surface area (Å²) in [6.07, 6.45) is 0. The largest absolute Gasteiger partial charge is 0.507 e. The molecule has 1 unspecified atom stereocenters. The van der Waals surface area contributed by atoms with Crippen molar-refractivity contribution in [1.82, 2.24) is 0 Å². The SMILES string of the molecule is COc1ccc(N2C(=O)C(=O)/C(=C(/O)c3ccc(OC)cc3OC)C2c2ccccc2F)cc1. The van der Waals surface area contributed by atoms with Crippen LogP contribution >= 0.6 is 0 Å². The highest BCUT2D eigenvalue weighted by Gasteiger charge is 2.48. The predicted molar refractivity (Wildman–Crippen MR) is 124 cm³/mol. The summed E-state index contributed by atoms with van der Waals surface area (Å²) in [5, 5.41) is 11.3. The topological polar surface area (TPSA) is 85.3 Å². The van der Waals surface area contributed by atoms with Gasteiger partial charge in [-0.1, -0.05) is 18.2 Å². The number of hydrogen-bond acceptors (Lipinski definition) is 6. The van der Waals surface area contributed by atoms with Crippen molar-refractivity contribution in [2.75, 3.05) is 26.2 Å². The Bertz CT molecular complexity index is 1280. The molecule has 0 aromatic heterocycles. The van der Waals surface area contributed by atoms with Gasteiger partial charge in [0.25, 0.3) is 11.7 Å². The maximum atomic E-state index is 15.0. The lowest BCUT2D eigenvalue weighted by Gasteiger charge is -2.26. The number of ketones is 1. The first-order valence-electron chi connectivity index (χ1n) is 10.3.